The van der Waals surface area contributed by atoms with Gasteiger partial charge in [0.1, 0.15) is 12.4 Å². The Balaban J connectivity index is 1.79. The summed E-state index contributed by atoms with van der Waals surface area (Å²) in [4.78, 5) is 10.2. The van der Waals surface area contributed by atoms with Crippen molar-refractivity contribution in [2.45, 2.75) is 25.6 Å². The zero-order valence-electron chi connectivity index (χ0n) is 10.9. The maximum absolute atomic E-state index is 10.7. The van der Waals surface area contributed by atoms with Crippen molar-refractivity contribution in [3.05, 3.63) is 33.3 Å². The summed E-state index contributed by atoms with van der Waals surface area (Å²) in [5.74, 6) is 0.286. The molecule has 0 saturated carbocycles. The average Bonchev–Trinajstić information content (AvgIpc) is 2.46. The van der Waals surface area contributed by atoms with Crippen LogP contribution < -0.4 is 4.74 Å². The molecule has 1 saturated heterocycles. The Bertz CT molecular complexity index is 462. The van der Waals surface area contributed by atoms with E-state index in [0.29, 0.717) is 6.61 Å². The third-order valence-corrected chi connectivity index (χ3v) is 3.30. The first-order valence-electron chi connectivity index (χ1n) is 6.47. The van der Waals surface area contributed by atoms with Crippen LogP contribution in [0.25, 0.3) is 0 Å². The molecule has 1 fully saturated rings. The second kappa shape index (κ2) is 7.42. The summed E-state index contributed by atoms with van der Waals surface area (Å²) < 4.78 is 16.3. The quantitative estimate of drug-likeness (QED) is 0.458. The lowest BCUT2D eigenvalue weighted by Crippen LogP contribution is -2.24. The van der Waals surface area contributed by atoms with Gasteiger partial charge in [-0.15, -0.1) is 0 Å². The van der Waals surface area contributed by atoms with Crippen molar-refractivity contribution < 1.29 is 19.1 Å². The fraction of sp³-hybridized carbons (Fsp3) is 0.538. The van der Waals surface area contributed by atoms with Crippen LogP contribution in [0.2, 0.25) is 5.02 Å². The summed E-state index contributed by atoms with van der Waals surface area (Å²) in [6.07, 6.45) is 2.88. The topological polar surface area (TPSA) is 70.8 Å². The molecule has 20 heavy (non-hydrogen) atoms. The number of halogens is 1. The molecule has 1 heterocycles. The Kier molecular flexibility index (Phi) is 5.58. The molecule has 0 radical (unpaired) electrons. The van der Waals surface area contributed by atoms with Gasteiger partial charge in [0, 0.05) is 12.7 Å². The summed E-state index contributed by atoms with van der Waals surface area (Å²) in [6, 6.07) is 4.46. The molecular weight excluding hydrogens is 286 g/mol. The highest BCUT2D eigenvalue weighted by Crippen LogP contribution is 2.33. The van der Waals surface area contributed by atoms with E-state index in [9.17, 15) is 10.1 Å². The summed E-state index contributed by atoms with van der Waals surface area (Å²) >= 11 is 5.90. The van der Waals surface area contributed by atoms with E-state index in [2.05, 4.69) is 0 Å². The number of hydrogen-bond donors (Lipinski definition) is 0. The number of hydrogen-bond acceptors (Lipinski definition) is 5. The zero-order chi connectivity index (χ0) is 14.4. The molecule has 1 atom stereocenters. The lowest BCUT2D eigenvalue weighted by Gasteiger charge is -2.22. The largest absolute Gasteiger partial charge is 0.489 e. The minimum atomic E-state index is -0.540. The first kappa shape index (κ1) is 15.0. The van der Waals surface area contributed by atoms with Gasteiger partial charge in [-0.05, 0) is 25.3 Å². The molecule has 1 aromatic rings. The van der Waals surface area contributed by atoms with Crippen molar-refractivity contribution in [3.63, 3.8) is 0 Å². The van der Waals surface area contributed by atoms with E-state index in [1.165, 1.54) is 12.1 Å². The highest BCUT2D eigenvalue weighted by Gasteiger charge is 2.17. The van der Waals surface area contributed by atoms with Gasteiger partial charge in [-0.3, -0.25) is 10.1 Å². The van der Waals surface area contributed by atoms with E-state index in [1.54, 1.807) is 6.07 Å². The highest BCUT2D eigenvalue weighted by molar-refractivity contribution is 6.34. The zero-order valence-corrected chi connectivity index (χ0v) is 11.7. The molecule has 2 rings (SSSR count). The third kappa shape index (κ3) is 4.06. The average molecular weight is 302 g/mol. The molecule has 7 heteroatoms. The van der Waals surface area contributed by atoms with E-state index in [-0.39, 0.29) is 29.4 Å². The van der Waals surface area contributed by atoms with Crippen LogP contribution in [0.5, 0.6) is 5.75 Å². The van der Waals surface area contributed by atoms with Gasteiger partial charge in [0.2, 0.25) is 0 Å². The standard InChI is InChI=1S/C13H16ClNO5/c14-13-10(15(16)17)4-3-5-11(13)18-8-9-20-12-6-1-2-7-19-12/h3-5,12H,1-2,6-9H2. The van der Waals surface area contributed by atoms with Gasteiger partial charge in [0.25, 0.3) is 5.69 Å². The number of nitro benzene ring substituents is 1. The van der Waals surface area contributed by atoms with Crippen molar-refractivity contribution in [2.75, 3.05) is 19.8 Å². The lowest BCUT2D eigenvalue weighted by molar-refractivity contribution is -0.384. The summed E-state index contributed by atoms with van der Waals surface area (Å²) in [5.41, 5.74) is -0.166. The highest BCUT2D eigenvalue weighted by atomic mass is 35.5. The number of nitro groups is 1. The molecular formula is C13H16ClNO5. The van der Waals surface area contributed by atoms with Crippen LogP contribution in [-0.2, 0) is 9.47 Å². The van der Waals surface area contributed by atoms with Crippen molar-refractivity contribution >= 4 is 17.3 Å². The van der Waals surface area contributed by atoms with Gasteiger partial charge < -0.3 is 14.2 Å². The predicted molar refractivity (Wildman–Crippen MR) is 73.1 cm³/mol. The molecule has 1 aliphatic rings. The van der Waals surface area contributed by atoms with E-state index in [4.69, 9.17) is 25.8 Å². The predicted octanol–water partition coefficient (Wildman–Crippen LogP) is 3.17. The molecule has 6 nitrogen and oxygen atoms in total. The van der Waals surface area contributed by atoms with Crippen LogP contribution in [0.4, 0.5) is 5.69 Å². The Morgan fingerprint density at radius 1 is 1.40 bits per heavy atom. The lowest BCUT2D eigenvalue weighted by atomic mass is 10.2. The van der Waals surface area contributed by atoms with Crippen LogP contribution in [0.3, 0.4) is 0 Å². The third-order valence-electron chi connectivity index (χ3n) is 2.92. The Morgan fingerprint density at radius 3 is 2.95 bits per heavy atom. The number of rotatable bonds is 6. The molecule has 0 N–H and O–H groups in total. The van der Waals surface area contributed by atoms with Crippen LogP contribution in [0.15, 0.2) is 18.2 Å². The molecule has 0 amide bonds. The number of ether oxygens (including phenoxy) is 3. The second-order valence-electron chi connectivity index (χ2n) is 4.36. The van der Waals surface area contributed by atoms with Gasteiger partial charge in [0.05, 0.1) is 11.5 Å². The normalized spacial score (nSPS) is 18.8. The van der Waals surface area contributed by atoms with Gasteiger partial charge in [0.15, 0.2) is 11.3 Å². The molecule has 0 bridgehead atoms. The van der Waals surface area contributed by atoms with Gasteiger partial charge >= 0.3 is 0 Å². The van der Waals surface area contributed by atoms with Crippen molar-refractivity contribution in [1.82, 2.24) is 0 Å². The van der Waals surface area contributed by atoms with Crippen LogP contribution in [-0.4, -0.2) is 31.0 Å². The van der Waals surface area contributed by atoms with Gasteiger partial charge in [-0.25, -0.2) is 0 Å². The SMILES string of the molecule is O=[N+]([O-])c1cccc(OCCOC2CCCCO2)c1Cl. The number of nitrogens with zero attached hydrogens (tertiary/aromatic N) is 1. The summed E-state index contributed by atoms with van der Waals surface area (Å²) in [5, 5.41) is 10.7. The maximum atomic E-state index is 10.7. The van der Waals surface area contributed by atoms with Crippen molar-refractivity contribution in [2.24, 2.45) is 0 Å². The van der Waals surface area contributed by atoms with Crippen LogP contribution in [0.1, 0.15) is 19.3 Å². The molecule has 0 aliphatic carbocycles. The minimum Gasteiger partial charge on any atom is -0.489 e. The Morgan fingerprint density at radius 2 is 2.25 bits per heavy atom. The van der Waals surface area contributed by atoms with Crippen molar-refractivity contribution in [3.8, 4) is 5.75 Å². The van der Waals surface area contributed by atoms with Gasteiger partial charge in [-0.2, -0.15) is 0 Å². The molecule has 1 aromatic carbocycles. The molecule has 0 aromatic heterocycles. The second-order valence-corrected chi connectivity index (χ2v) is 4.74. The van der Waals surface area contributed by atoms with Crippen LogP contribution in [0, 0.1) is 10.1 Å². The smallest absolute Gasteiger partial charge is 0.291 e. The molecule has 1 unspecified atom stereocenters. The first-order chi connectivity index (χ1) is 9.68. The molecule has 110 valence electrons. The molecule has 1 aliphatic heterocycles. The summed E-state index contributed by atoms with van der Waals surface area (Å²) in [7, 11) is 0. The van der Waals surface area contributed by atoms with Gasteiger partial charge in [-0.1, -0.05) is 17.7 Å². The Hall–Kier alpha value is -1.37. The van der Waals surface area contributed by atoms with E-state index >= 15 is 0 Å². The maximum Gasteiger partial charge on any atom is 0.291 e. The van der Waals surface area contributed by atoms with E-state index < -0.39 is 4.92 Å². The van der Waals surface area contributed by atoms with Crippen molar-refractivity contribution in [1.29, 1.82) is 0 Å². The minimum absolute atomic E-state index is 0.00594. The van der Waals surface area contributed by atoms with E-state index in [0.717, 1.165) is 25.9 Å². The summed E-state index contributed by atoms with van der Waals surface area (Å²) in [6.45, 7) is 1.34. The fourth-order valence-corrected chi connectivity index (χ4v) is 2.18. The monoisotopic (exact) mass is 301 g/mol. The van der Waals surface area contributed by atoms with E-state index in [1.807, 2.05) is 0 Å². The van der Waals surface area contributed by atoms with Crippen LogP contribution >= 0.6 is 11.6 Å². The molecule has 0 spiro atoms. The number of benzene rings is 1. The first-order valence-corrected chi connectivity index (χ1v) is 6.85. The Labute approximate surface area is 121 Å². The fourth-order valence-electron chi connectivity index (χ4n) is 1.93.